The molecule has 0 aromatic carbocycles. The zero-order chi connectivity index (χ0) is 54.9. The van der Waals surface area contributed by atoms with Gasteiger partial charge in [0.15, 0.2) is 6.10 Å². The molecule has 0 bridgehead atoms. The number of ether oxygens (including phenoxy) is 2. The molecule has 2 atom stereocenters. The Kier molecular flexibility index (Phi) is 56.9. The fraction of sp³-hybridized carbons (Fsp3) is 0.969. The highest BCUT2D eigenvalue weighted by Gasteiger charge is 2.27. The minimum absolute atomic E-state index is 0.0375. The molecule has 0 aliphatic carbocycles. The van der Waals surface area contributed by atoms with Gasteiger partial charge in [-0.1, -0.05) is 328 Å². The van der Waals surface area contributed by atoms with Crippen molar-refractivity contribution in [1.29, 1.82) is 0 Å². The number of carbonyl (C=O) groups excluding carboxylic acids is 2. The number of unbranched alkanes of at least 4 members (excludes halogenated alkanes) is 49. The highest BCUT2D eigenvalue weighted by atomic mass is 31.2. The number of carbonyl (C=O) groups is 2. The molecule has 0 saturated heterocycles. The van der Waals surface area contributed by atoms with Crippen LogP contribution in [-0.4, -0.2) is 74.9 Å². The molecule has 10 heteroatoms. The minimum Gasteiger partial charge on any atom is -0.462 e. The van der Waals surface area contributed by atoms with Crippen LogP contribution in [0, 0.1) is 0 Å². The molecule has 448 valence electrons. The zero-order valence-electron chi connectivity index (χ0n) is 51.1. The summed E-state index contributed by atoms with van der Waals surface area (Å²) in [4.78, 5) is 35.7. The van der Waals surface area contributed by atoms with Gasteiger partial charge in [-0.3, -0.25) is 18.6 Å². The normalized spacial score (nSPS) is 13.1. The van der Waals surface area contributed by atoms with Crippen molar-refractivity contribution in [1.82, 2.24) is 0 Å². The summed E-state index contributed by atoms with van der Waals surface area (Å²) in [7, 11) is 1.50. The van der Waals surface area contributed by atoms with Crippen molar-refractivity contribution in [3.8, 4) is 0 Å². The Bertz CT molecular complexity index is 1230. The minimum atomic E-state index is -4.38. The maximum Gasteiger partial charge on any atom is 0.472 e. The zero-order valence-corrected chi connectivity index (χ0v) is 52.0. The molecule has 0 saturated carbocycles. The highest BCUT2D eigenvalue weighted by Crippen LogP contribution is 2.43. The van der Waals surface area contributed by atoms with E-state index in [2.05, 4.69) is 13.8 Å². The Morgan fingerprint density at radius 1 is 0.360 bits per heavy atom. The number of rotatable bonds is 63. The van der Waals surface area contributed by atoms with Crippen molar-refractivity contribution in [2.75, 3.05) is 47.5 Å². The molecular formula is C65H131NO8P+. The predicted molar refractivity (Wildman–Crippen MR) is 322 cm³/mol. The Morgan fingerprint density at radius 3 is 0.853 bits per heavy atom. The van der Waals surface area contributed by atoms with Gasteiger partial charge in [-0.2, -0.15) is 0 Å². The van der Waals surface area contributed by atoms with E-state index in [9.17, 15) is 19.0 Å². The van der Waals surface area contributed by atoms with Crippen molar-refractivity contribution < 1.29 is 42.1 Å². The van der Waals surface area contributed by atoms with Crippen molar-refractivity contribution in [3.63, 3.8) is 0 Å². The molecule has 0 aliphatic rings. The topological polar surface area (TPSA) is 108 Å². The lowest BCUT2D eigenvalue weighted by molar-refractivity contribution is -0.870. The first-order valence-electron chi connectivity index (χ1n) is 33.3. The van der Waals surface area contributed by atoms with E-state index in [1.165, 1.54) is 289 Å². The fourth-order valence-electron chi connectivity index (χ4n) is 10.3. The van der Waals surface area contributed by atoms with Crippen LogP contribution in [-0.2, 0) is 32.7 Å². The molecule has 75 heavy (non-hydrogen) atoms. The molecule has 2 unspecified atom stereocenters. The van der Waals surface area contributed by atoms with Crippen molar-refractivity contribution >= 4 is 19.8 Å². The maximum absolute atomic E-state index is 12.8. The van der Waals surface area contributed by atoms with Gasteiger partial charge in [-0.25, -0.2) is 4.57 Å². The van der Waals surface area contributed by atoms with Gasteiger partial charge in [0.1, 0.15) is 19.8 Å². The van der Waals surface area contributed by atoms with Crippen molar-refractivity contribution in [3.05, 3.63) is 0 Å². The number of hydrogen-bond acceptors (Lipinski definition) is 7. The molecule has 0 aromatic heterocycles. The summed E-state index contributed by atoms with van der Waals surface area (Å²) in [6.45, 7) is 4.51. The third-order valence-electron chi connectivity index (χ3n) is 15.4. The van der Waals surface area contributed by atoms with Crippen LogP contribution in [0.5, 0.6) is 0 Å². The lowest BCUT2D eigenvalue weighted by Gasteiger charge is -2.24. The van der Waals surface area contributed by atoms with Gasteiger partial charge < -0.3 is 18.9 Å². The SMILES string of the molecule is CCCCCCCCCCCCCCCCCCCCCCCCCCCCCCCCCCCCCC(=O)OC(COC(=O)CCCCCCCCCCCCCCCCCC)COP(=O)(O)OCC[N+](C)(C)C. The lowest BCUT2D eigenvalue weighted by Crippen LogP contribution is -2.37. The van der Waals surface area contributed by atoms with Crippen LogP contribution in [0.25, 0.3) is 0 Å². The molecular weight excluding hydrogens is 954 g/mol. The Hall–Kier alpha value is -0.990. The molecule has 1 N–H and O–H groups in total. The van der Waals surface area contributed by atoms with Crippen LogP contribution in [0.4, 0.5) is 0 Å². The highest BCUT2D eigenvalue weighted by molar-refractivity contribution is 7.47. The predicted octanol–water partition coefficient (Wildman–Crippen LogP) is 21.0. The largest absolute Gasteiger partial charge is 0.472 e. The summed E-state index contributed by atoms with van der Waals surface area (Å²) < 4.78 is 34.6. The van der Waals surface area contributed by atoms with E-state index < -0.39 is 26.5 Å². The number of esters is 2. The third-order valence-corrected chi connectivity index (χ3v) is 16.4. The van der Waals surface area contributed by atoms with Crippen molar-refractivity contribution in [2.24, 2.45) is 0 Å². The van der Waals surface area contributed by atoms with Gasteiger partial charge in [0, 0.05) is 12.8 Å². The van der Waals surface area contributed by atoms with Gasteiger partial charge >= 0.3 is 19.8 Å². The van der Waals surface area contributed by atoms with Gasteiger partial charge in [0.2, 0.25) is 0 Å². The van der Waals surface area contributed by atoms with Gasteiger partial charge in [-0.15, -0.1) is 0 Å². The Morgan fingerprint density at radius 2 is 0.600 bits per heavy atom. The van der Waals surface area contributed by atoms with Gasteiger partial charge in [-0.05, 0) is 12.8 Å². The summed E-state index contributed by atoms with van der Waals surface area (Å²) >= 11 is 0. The average Bonchev–Trinajstić information content (AvgIpc) is 3.37. The smallest absolute Gasteiger partial charge is 0.462 e. The lowest BCUT2D eigenvalue weighted by atomic mass is 10.0. The molecule has 0 spiro atoms. The number of nitrogens with zero attached hydrogens (tertiary/aromatic N) is 1. The monoisotopic (exact) mass is 1080 g/mol. The molecule has 0 rings (SSSR count). The number of phosphoric ester groups is 1. The summed E-state index contributed by atoms with van der Waals surface area (Å²) in [5, 5.41) is 0. The molecule has 0 amide bonds. The average molecular weight is 1090 g/mol. The van der Waals surface area contributed by atoms with E-state index in [4.69, 9.17) is 18.5 Å². The fourth-order valence-corrected chi connectivity index (χ4v) is 11.0. The van der Waals surface area contributed by atoms with E-state index in [0.29, 0.717) is 17.4 Å². The third kappa shape index (κ3) is 62.1. The molecule has 0 fully saturated rings. The van der Waals surface area contributed by atoms with Gasteiger partial charge in [0.25, 0.3) is 0 Å². The quantitative estimate of drug-likeness (QED) is 0.0278. The van der Waals surface area contributed by atoms with Crippen LogP contribution in [0.2, 0.25) is 0 Å². The summed E-state index contributed by atoms with van der Waals surface area (Å²) in [5.41, 5.74) is 0. The summed E-state index contributed by atoms with van der Waals surface area (Å²) in [6.07, 6.45) is 67.9. The standard InChI is InChI=1S/C65H130NO8P/c1-6-8-10-12-14-16-18-20-22-24-25-26-27-28-29-30-31-32-33-34-35-36-37-38-39-40-41-42-44-46-48-50-52-54-56-58-65(68)74-63(62-73-75(69,70)72-60-59-66(3,4)5)61-71-64(67)57-55-53-51-49-47-45-43-23-21-19-17-15-13-11-9-7-2/h63H,6-62H2,1-5H3/p+1. The van der Waals surface area contributed by atoms with E-state index in [-0.39, 0.29) is 25.6 Å². The first-order chi connectivity index (χ1) is 36.5. The molecule has 0 radical (unpaired) electrons. The number of hydrogen-bond donors (Lipinski definition) is 1. The van der Waals surface area contributed by atoms with E-state index in [1.54, 1.807) is 0 Å². The number of quaternary nitrogens is 1. The Balaban J connectivity index is 3.90. The number of likely N-dealkylation sites (N-methyl/N-ethyl adjacent to an activating group) is 1. The van der Waals surface area contributed by atoms with Crippen LogP contribution in [0.15, 0.2) is 0 Å². The van der Waals surface area contributed by atoms with Crippen LogP contribution in [0.3, 0.4) is 0 Å². The molecule has 0 aliphatic heterocycles. The van der Waals surface area contributed by atoms with E-state index >= 15 is 0 Å². The second kappa shape index (κ2) is 57.7. The first-order valence-corrected chi connectivity index (χ1v) is 34.8. The van der Waals surface area contributed by atoms with Crippen LogP contribution in [0.1, 0.15) is 354 Å². The van der Waals surface area contributed by atoms with Crippen LogP contribution < -0.4 is 0 Å². The van der Waals surface area contributed by atoms with Gasteiger partial charge in [0.05, 0.1) is 27.7 Å². The molecule has 0 heterocycles. The first kappa shape index (κ1) is 74.0. The summed E-state index contributed by atoms with van der Waals surface area (Å²) in [6, 6.07) is 0. The van der Waals surface area contributed by atoms with E-state index in [1.807, 2.05) is 21.1 Å². The molecule has 9 nitrogen and oxygen atoms in total. The van der Waals surface area contributed by atoms with E-state index in [0.717, 1.165) is 38.5 Å². The number of phosphoric acid groups is 1. The second-order valence-electron chi connectivity index (χ2n) is 24.2. The van der Waals surface area contributed by atoms with Crippen LogP contribution >= 0.6 is 7.82 Å². The Labute approximate surface area is 467 Å². The second-order valence-corrected chi connectivity index (χ2v) is 25.7. The maximum atomic E-state index is 12.8. The van der Waals surface area contributed by atoms with Crippen molar-refractivity contribution in [2.45, 2.75) is 360 Å². The summed E-state index contributed by atoms with van der Waals surface area (Å²) in [5.74, 6) is -0.772. The molecule has 0 aromatic rings.